The number of hydrogen-bond acceptors (Lipinski definition) is 5. The van der Waals surface area contributed by atoms with Gasteiger partial charge in [-0.15, -0.1) is 0 Å². The topological polar surface area (TPSA) is 71.3 Å². The van der Waals surface area contributed by atoms with Gasteiger partial charge < -0.3 is 10.2 Å². The van der Waals surface area contributed by atoms with Gasteiger partial charge in [0, 0.05) is 20.1 Å². The third-order valence-corrected chi connectivity index (χ3v) is 3.70. The molecule has 2 heterocycles. The van der Waals surface area contributed by atoms with Gasteiger partial charge in [-0.1, -0.05) is 13.8 Å². The smallest absolute Gasteiger partial charge is 0.276 e. The van der Waals surface area contributed by atoms with E-state index in [4.69, 9.17) is 0 Å². The zero-order chi connectivity index (χ0) is 14.0. The summed E-state index contributed by atoms with van der Waals surface area (Å²) in [5.41, 5.74) is 0.433. The van der Waals surface area contributed by atoms with Gasteiger partial charge in [-0.05, 0) is 18.3 Å². The molecule has 104 valence electrons. The van der Waals surface area contributed by atoms with E-state index in [-0.39, 0.29) is 10.6 Å². The molecular formula is C13H20N4O2. The van der Waals surface area contributed by atoms with Crippen molar-refractivity contribution < 1.29 is 4.92 Å². The summed E-state index contributed by atoms with van der Waals surface area (Å²) in [4.78, 5) is 17.1. The average molecular weight is 264 g/mol. The van der Waals surface area contributed by atoms with E-state index in [1.807, 2.05) is 0 Å². The minimum atomic E-state index is -0.375. The van der Waals surface area contributed by atoms with E-state index in [1.54, 1.807) is 13.1 Å². The van der Waals surface area contributed by atoms with Gasteiger partial charge in [-0.3, -0.25) is 10.1 Å². The van der Waals surface area contributed by atoms with E-state index < -0.39 is 0 Å². The molecule has 0 aliphatic carbocycles. The fourth-order valence-electron chi connectivity index (χ4n) is 2.24. The molecule has 1 N–H and O–H groups in total. The molecule has 2 rings (SSSR count). The zero-order valence-corrected chi connectivity index (χ0v) is 11.6. The Morgan fingerprint density at radius 1 is 1.37 bits per heavy atom. The maximum absolute atomic E-state index is 10.9. The Balaban J connectivity index is 2.24. The third kappa shape index (κ3) is 3.13. The summed E-state index contributed by atoms with van der Waals surface area (Å²) in [5, 5.41) is 13.8. The van der Waals surface area contributed by atoms with E-state index in [1.165, 1.54) is 6.07 Å². The molecule has 1 aromatic rings. The molecule has 1 saturated heterocycles. The van der Waals surface area contributed by atoms with Crippen molar-refractivity contribution in [2.45, 2.75) is 26.7 Å². The number of anilines is 2. The second kappa shape index (κ2) is 5.03. The maximum atomic E-state index is 10.9. The lowest BCUT2D eigenvalue weighted by atomic mass is 9.83. The predicted molar refractivity (Wildman–Crippen MR) is 75.7 cm³/mol. The molecule has 0 unspecified atom stereocenters. The van der Waals surface area contributed by atoms with Crippen molar-refractivity contribution in [3.05, 3.63) is 22.2 Å². The van der Waals surface area contributed by atoms with Crippen LogP contribution in [0.5, 0.6) is 0 Å². The average Bonchev–Trinajstić information content (AvgIpc) is 2.38. The molecule has 0 radical (unpaired) electrons. The Morgan fingerprint density at radius 3 is 2.53 bits per heavy atom. The van der Waals surface area contributed by atoms with Crippen molar-refractivity contribution in [1.29, 1.82) is 0 Å². The third-order valence-electron chi connectivity index (χ3n) is 3.70. The number of pyridine rings is 1. The van der Waals surface area contributed by atoms with Crippen LogP contribution in [0, 0.1) is 15.5 Å². The van der Waals surface area contributed by atoms with Crippen molar-refractivity contribution in [3.8, 4) is 0 Å². The van der Waals surface area contributed by atoms with Crippen LogP contribution in [0.3, 0.4) is 0 Å². The summed E-state index contributed by atoms with van der Waals surface area (Å²) in [7, 11) is 1.72. The lowest BCUT2D eigenvalue weighted by Gasteiger charge is -2.37. The molecular weight excluding hydrogens is 244 g/mol. The Morgan fingerprint density at radius 2 is 2.00 bits per heavy atom. The van der Waals surface area contributed by atoms with Crippen molar-refractivity contribution in [2.24, 2.45) is 5.41 Å². The number of nitrogens with zero attached hydrogens (tertiary/aromatic N) is 3. The zero-order valence-electron chi connectivity index (χ0n) is 11.6. The SMILES string of the molecule is CNc1cc([N+](=O)[O-])cc(N2CCC(C)(C)CC2)n1. The quantitative estimate of drug-likeness (QED) is 0.671. The van der Waals surface area contributed by atoms with Gasteiger partial charge in [0.05, 0.1) is 17.1 Å². The lowest BCUT2D eigenvalue weighted by molar-refractivity contribution is -0.384. The minimum absolute atomic E-state index is 0.0826. The molecule has 0 spiro atoms. The summed E-state index contributed by atoms with van der Waals surface area (Å²) in [6, 6.07) is 3.01. The van der Waals surface area contributed by atoms with Crippen LogP contribution in [0.25, 0.3) is 0 Å². The normalized spacial score (nSPS) is 18.2. The van der Waals surface area contributed by atoms with Gasteiger partial charge >= 0.3 is 0 Å². The first-order valence-electron chi connectivity index (χ1n) is 6.50. The molecule has 1 aliphatic rings. The monoisotopic (exact) mass is 264 g/mol. The Labute approximate surface area is 113 Å². The molecule has 1 aliphatic heterocycles. The van der Waals surface area contributed by atoms with Gasteiger partial charge in [-0.25, -0.2) is 4.98 Å². The van der Waals surface area contributed by atoms with E-state index in [2.05, 4.69) is 29.0 Å². The summed E-state index contributed by atoms with van der Waals surface area (Å²) in [6.45, 7) is 6.29. The molecule has 0 bridgehead atoms. The fraction of sp³-hybridized carbons (Fsp3) is 0.615. The Hall–Kier alpha value is -1.85. The first-order valence-corrected chi connectivity index (χ1v) is 6.50. The van der Waals surface area contributed by atoms with Gasteiger partial charge in [0.25, 0.3) is 5.69 Å². The summed E-state index contributed by atoms with van der Waals surface area (Å²) in [5.74, 6) is 1.23. The van der Waals surface area contributed by atoms with E-state index in [9.17, 15) is 10.1 Å². The molecule has 1 aromatic heterocycles. The summed E-state index contributed by atoms with van der Waals surface area (Å²) >= 11 is 0. The van der Waals surface area contributed by atoms with Crippen LogP contribution in [0.4, 0.5) is 17.3 Å². The number of aromatic nitrogens is 1. The minimum Gasteiger partial charge on any atom is -0.373 e. The molecule has 0 amide bonds. The Kier molecular flexibility index (Phi) is 3.59. The van der Waals surface area contributed by atoms with Crippen LogP contribution in [-0.2, 0) is 0 Å². The van der Waals surface area contributed by atoms with Crippen molar-refractivity contribution >= 4 is 17.3 Å². The standard InChI is InChI=1S/C13H20N4O2/c1-13(2)4-6-16(7-5-13)12-9-10(17(18)19)8-11(14-3)15-12/h8-9H,4-7H2,1-3H3,(H,14,15). The molecule has 19 heavy (non-hydrogen) atoms. The largest absolute Gasteiger partial charge is 0.373 e. The molecule has 0 atom stereocenters. The van der Waals surface area contributed by atoms with Gasteiger partial charge in [0.15, 0.2) is 0 Å². The summed E-state index contributed by atoms with van der Waals surface area (Å²) < 4.78 is 0. The number of nitro groups is 1. The van der Waals surface area contributed by atoms with Crippen molar-refractivity contribution in [2.75, 3.05) is 30.4 Å². The molecule has 6 heteroatoms. The lowest BCUT2D eigenvalue weighted by Crippen LogP contribution is -2.37. The van der Waals surface area contributed by atoms with Crippen LogP contribution in [-0.4, -0.2) is 30.0 Å². The Bertz CT molecular complexity index is 478. The molecule has 0 aromatic carbocycles. The van der Waals surface area contributed by atoms with Crippen LogP contribution < -0.4 is 10.2 Å². The van der Waals surface area contributed by atoms with E-state index >= 15 is 0 Å². The highest BCUT2D eigenvalue weighted by Crippen LogP contribution is 2.33. The van der Waals surface area contributed by atoms with Gasteiger partial charge in [-0.2, -0.15) is 0 Å². The molecule has 0 saturated carbocycles. The van der Waals surface area contributed by atoms with E-state index in [0.717, 1.165) is 25.9 Å². The first kappa shape index (κ1) is 13.6. The van der Waals surface area contributed by atoms with Crippen LogP contribution in [0.1, 0.15) is 26.7 Å². The number of piperidine rings is 1. The van der Waals surface area contributed by atoms with Crippen molar-refractivity contribution in [3.63, 3.8) is 0 Å². The van der Waals surface area contributed by atoms with Crippen molar-refractivity contribution in [1.82, 2.24) is 4.98 Å². The number of nitrogens with one attached hydrogen (secondary N) is 1. The predicted octanol–water partition coefficient (Wildman–Crippen LogP) is 2.66. The first-order chi connectivity index (χ1) is 8.91. The second-order valence-corrected chi connectivity index (χ2v) is 5.73. The van der Waals surface area contributed by atoms with Gasteiger partial charge in [0.1, 0.15) is 11.6 Å². The fourth-order valence-corrected chi connectivity index (χ4v) is 2.24. The highest BCUT2D eigenvalue weighted by Gasteiger charge is 2.27. The van der Waals surface area contributed by atoms with Crippen LogP contribution >= 0.6 is 0 Å². The summed E-state index contributed by atoms with van der Waals surface area (Å²) in [6.07, 6.45) is 2.15. The molecule has 6 nitrogen and oxygen atoms in total. The second-order valence-electron chi connectivity index (χ2n) is 5.73. The van der Waals surface area contributed by atoms with Gasteiger partial charge in [0.2, 0.25) is 0 Å². The highest BCUT2D eigenvalue weighted by atomic mass is 16.6. The highest BCUT2D eigenvalue weighted by molar-refractivity contribution is 5.55. The van der Waals surface area contributed by atoms with E-state index in [0.29, 0.717) is 17.1 Å². The maximum Gasteiger partial charge on any atom is 0.276 e. The molecule has 1 fully saturated rings. The number of rotatable bonds is 3. The number of hydrogen-bond donors (Lipinski definition) is 1. The van der Waals surface area contributed by atoms with Crippen LogP contribution in [0.15, 0.2) is 12.1 Å². The van der Waals surface area contributed by atoms with Crippen LogP contribution in [0.2, 0.25) is 0 Å².